The number of nitrogens with one attached hydrogen (secondary N) is 1. The zero-order valence-electron chi connectivity index (χ0n) is 11.6. The van der Waals surface area contributed by atoms with Gasteiger partial charge in [0, 0.05) is 5.92 Å². The molecule has 0 aliphatic carbocycles. The molecule has 0 heterocycles. The monoisotopic (exact) mass is 345 g/mol. The number of halogens is 2. The molecule has 1 aromatic rings. The Morgan fingerprint density at radius 1 is 1.40 bits per heavy atom. The zero-order chi connectivity index (χ0) is 15.3. The fourth-order valence-corrected chi connectivity index (χ4v) is 2.13. The number of hydrogen-bond donors (Lipinski definition) is 1. The number of hydrogen-bond acceptors (Lipinski definition) is 3. The van der Waals surface area contributed by atoms with Crippen LogP contribution in [-0.2, 0) is 20.7 Å². The minimum absolute atomic E-state index is 0.247. The Hall–Kier alpha value is -1.43. The van der Waals surface area contributed by atoms with E-state index in [4.69, 9.17) is 0 Å². The molecule has 0 aliphatic rings. The number of ether oxygens (including phenoxy) is 1. The summed E-state index contributed by atoms with van der Waals surface area (Å²) >= 11 is 3.10. The average molecular weight is 346 g/mol. The van der Waals surface area contributed by atoms with Gasteiger partial charge in [-0.05, 0) is 47.0 Å². The predicted molar refractivity (Wildman–Crippen MR) is 76.6 cm³/mol. The van der Waals surface area contributed by atoms with Gasteiger partial charge in [-0.25, -0.2) is 9.18 Å². The normalized spacial score (nSPS) is 13.4. The molecular weight excluding hydrogens is 329 g/mol. The van der Waals surface area contributed by atoms with E-state index in [1.165, 1.54) is 13.2 Å². The van der Waals surface area contributed by atoms with Gasteiger partial charge in [-0.3, -0.25) is 4.79 Å². The maximum Gasteiger partial charge on any atom is 0.328 e. The number of benzene rings is 1. The van der Waals surface area contributed by atoms with Gasteiger partial charge >= 0.3 is 5.97 Å². The largest absolute Gasteiger partial charge is 0.467 e. The molecule has 0 aromatic heterocycles. The van der Waals surface area contributed by atoms with Crippen molar-refractivity contribution in [2.45, 2.75) is 26.3 Å². The van der Waals surface area contributed by atoms with E-state index in [9.17, 15) is 14.0 Å². The van der Waals surface area contributed by atoms with Gasteiger partial charge in [-0.2, -0.15) is 0 Å². The first-order chi connectivity index (χ1) is 9.35. The maximum absolute atomic E-state index is 13.1. The van der Waals surface area contributed by atoms with Crippen molar-refractivity contribution in [2.75, 3.05) is 7.11 Å². The molecule has 0 radical (unpaired) electrons. The summed E-state index contributed by atoms with van der Waals surface area (Å²) in [7, 11) is 1.27. The van der Waals surface area contributed by atoms with Crippen molar-refractivity contribution >= 4 is 27.8 Å². The van der Waals surface area contributed by atoms with E-state index < -0.39 is 12.0 Å². The molecule has 6 heteroatoms. The second-order valence-corrected chi connectivity index (χ2v) is 5.46. The van der Waals surface area contributed by atoms with Crippen LogP contribution >= 0.6 is 15.9 Å². The summed E-state index contributed by atoms with van der Waals surface area (Å²) in [6.07, 6.45) is 0.457. The van der Waals surface area contributed by atoms with E-state index >= 15 is 0 Å². The summed E-state index contributed by atoms with van der Waals surface area (Å²) in [5.74, 6) is -1.41. The number of esters is 1. The molecule has 1 rings (SSSR count). The number of amides is 1. The summed E-state index contributed by atoms with van der Waals surface area (Å²) in [5.41, 5.74) is 0.839. The van der Waals surface area contributed by atoms with Crippen LogP contribution in [0.4, 0.5) is 4.39 Å². The minimum atomic E-state index is -0.685. The highest BCUT2D eigenvalue weighted by atomic mass is 79.9. The van der Waals surface area contributed by atoms with Crippen molar-refractivity contribution in [3.8, 4) is 0 Å². The molecule has 0 bridgehead atoms. The van der Waals surface area contributed by atoms with Gasteiger partial charge in [0.05, 0.1) is 11.6 Å². The standard InChI is InChI=1S/C14H17BrFNO3/c1-8(13(18)17-9(2)14(19)20-3)6-10-4-5-12(16)11(15)7-10/h4-5,7-9H,6H2,1-3H3,(H,17,18)/t8-,9+/m1/s1. The Labute approximate surface area is 125 Å². The van der Waals surface area contributed by atoms with Crippen LogP contribution in [-0.4, -0.2) is 25.0 Å². The van der Waals surface area contributed by atoms with Crippen molar-refractivity contribution in [1.29, 1.82) is 0 Å². The topological polar surface area (TPSA) is 55.4 Å². The number of methoxy groups -OCH3 is 1. The molecule has 2 atom stereocenters. The molecule has 20 heavy (non-hydrogen) atoms. The number of carbonyl (C=O) groups excluding carboxylic acids is 2. The van der Waals surface area contributed by atoms with Crippen LogP contribution in [0.5, 0.6) is 0 Å². The smallest absolute Gasteiger partial charge is 0.328 e. The van der Waals surface area contributed by atoms with Crippen LogP contribution in [0.2, 0.25) is 0 Å². The van der Waals surface area contributed by atoms with E-state index in [1.54, 1.807) is 26.0 Å². The second kappa shape index (κ2) is 7.38. The van der Waals surface area contributed by atoms with Gasteiger partial charge in [-0.1, -0.05) is 13.0 Å². The molecule has 0 saturated carbocycles. The van der Waals surface area contributed by atoms with Crippen LogP contribution < -0.4 is 5.32 Å². The average Bonchev–Trinajstić information content (AvgIpc) is 2.41. The first-order valence-electron chi connectivity index (χ1n) is 6.17. The first-order valence-corrected chi connectivity index (χ1v) is 6.96. The Kier molecular flexibility index (Phi) is 6.13. The summed E-state index contributed by atoms with van der Waals surface area (Å²) in [6, 6.07) is 3.94. The lowest BCUT2D eigenvalue weighted by Gasteiger charge is -2.16. The molecule has 4 nitrogen and oxygen atoms in total. The maximum atomic E-state index is 13.1. The van der Waals surface area contributed by atoms with E-state index in [0.29, 0.717) is 10.9 Å². The highest BCUT2D eigenvalue weighted by Gasteiger charge is 2.20. The van der Waals surface area contributed by atoms with Gasteiger partial charge in [0.15, 0.2) is 0 Å². The Bertz CT molecular complexity index is 507. The van der Waals surface area contributed by atoms with Crippen molar-refractivity contribution in [1.82, 2.24) is 5.32 Å². The van der Waals surface area contributed by atoms with Gasteiger partial charge in [0.2, 0.25) is 5.91 Å². The second-order valence-electron chi connectivity index (χ2n) is 4.61. The van der Waals surface area contributed by atoms with Crippen LogP contribution in [0.3, 0.4) is 0 Å². The molecular formula is C14H17BrFNO3. The molecule has 0 fully saturated rings. The van der Waals surface area contributed by atoms with Crippen LogP contribution in [0.15, 0.2) is 22.7 Å². The van der Waals surface area contributed by atoms with Gasteiger partial charge in [0.25, 0.3) is 0 Å². The summed E-state index contributed by atoms with van der Waals surface area (Å²) in [5, 5.41) is 2.58. The minimum Gasteiger partial charge on any atom is -0.467 e. The Morgan fingerprint density at radius 3 is 2.60 bits per heavy atom. The Balaban J connectivity index is 2.61. The molecule has 1 aromatic carbocycles. The van der Waals surface area contributed by atoms with Crippen LogP contribution in [0.1, 0.15) is 19.4 Å². The third-order valence-electron chi connectivity index (χ3n) is 2.89. The molecule has 0 spiro atoms. The van der Waals surface area contributed by atoms with Crippen LogP contribution in [0, 0.1) is 11.7 Å². The fourth-order valence-electron chi connectivity index (χ4n) is 1.70. The first kappa shape index (κ1) is 16.6. The van der Waals surface area contributed by atoms with E-state index in [-0.39, 0.29) is 17.6 Å². The number of rotatable bonds is 5. The van der Waals surface area contributed by atoms with Crippen molar-refractivity contribution in [3.05, 3.63) is 34.1 Å². The molecule has 0 saturated heterocycles. The van der Waals surface area contributed by atoms with E-state index in [0.717, 1.165) is 5.56 Å². The van der Waals surface area contributed by atoms with Gasteiger partial charge in [-0.15, -0.1) is 0 Å². The molecule has 110 valence electrons. The SMILES string of the molecule is COC(=O)[C@H](C)NC(=O)[C@H](C)Cc1ccc(F)c(Br)c1. The van der Waals surface area contributed by atoms with Crippen molar-refractivity contribution in [2.24, 2.45) is 5.92 Å². The fraction of sp³-hybridized carbons (Fsp3) is 0.429. The highest BCUT2D eigenvalue weighted by Crippen LogP contribution is 2.19. The molecule has 0 unspecified atom stereocenters. The van der Waals surface area contributed by atoms with Gasteiger partial charge < -0.3 is 10.1 Å². The quantitative estimate of drug-likeness (QED) is 0.834. The summed E-state index contributed by atoms with van der Waals surface area (Å²) < 4.78 is 18.0. The zero-order valence-corrected chi connectivity index (χ0v) is 13.2. The third kappa shape index (κ3) is 4.59. The third-order valence-corrected chi connectivity index (χ3v) is 3.49. The van der Waals surface area contributed by atoms with Gasteiger partial charge in [0.1, 0.15) is 11.9 Å². The molecule has 1 N–H and O–H groups in total. The lowest BCUT2D eigenvalue weighted by molar-refractivity contribution is -0.144. The van der Waals surface area contributed by atoms with E-state index in [1.807, 2.05) is 0 Å². The summed E-state index contributed by atoms with van der Waals surface area (Å²) in [6.45, 7) is 3.31. The van der Waals surface area contributed by atoms with Crippen LogP contribution in [0.25, 0.3) is 0 Å². The Morgan fingerprint density at radius 2 is 2.05 bits per heavy atom. The number of carbonyl (C=O) groups is 2. The lowest BCUT2D eigenvalue weighted by atomic mass is 10.00. The molecule has 1 amide bonds. The highest BCUT2D eigenvalue weighted by molar-refractivity contribution is 9.10. The summed E-state index contributed by atoms with van der Waals surface area (Å²) in [4.78, 5) is 23.2. The predicted octanol–water partition coefficient (Wildman–Crippen LogP) is 2.44. The molecule has 0 aliphatic heterocycles. The van der Waals surface area contributed by atoms with Crippen molar-refractivity contribution in [3.63, 3.8) is 0 Å². The van der Waals surface area contributed by atoms with Crippen molar-refractivity contribution < 1.29 is 18.7 Å². The lowest BCUT2D eigenvalue weighted by Crippen LogP contribution is -2.42. The van der Waals surface area contributed by atoms with E-state index in [2.05, 4.69) is 26.0 Å².